The van der Waals surface area contributed by atoms with Gasteiger partial charge in [0.05, 0.1) is 11.6 Å². The van der Waals surface area contributed by atoms with Gasteiger partial charge in [-0.15, -0.1) is 0 Å². The van der Waals surface area contributed by atoms with Crippen molar-refractivity contribution in [3.63, 3.8) is 0 Å². The highest BCUT2D eigenvalue weighted by Crippen LogP contribution is 2.30. The zero-order valence-electron chi connectivity index (χ0n) is 9.61. The number of nitriles is 1. The van der Waals surface area contributed by atoms with Crippen molar-refractivity contribution >= 4 is 5.69 Å². The molecule has 3 nitrogen and oxygen atoms in total. The van der Waals surface area contributed by atoms with Crippen LogP contribution in [0.2, 0.25) is 0 Å². The average Bonchev–Trinajstić information content (AvgIpc) is 2.30. The summed E-state index contributed by atoms with van der Waals surface area (Å²) >= 11 is 0. The quantitative estimate of drug-likeness (QED) is 0.728. The molecule has 2 N–H and O–H groups in total. The highest BCUT2D eigenvalue weighted by Gasteiger charge is 2.20. The molecule has 1 aromatic carbocycles. The fourth-order valence-corrected chi connectivity index (χ4v) is 2.35. The topological polar surface area (TPSA) is 53.0 Å². The van der Waals surface area contributed by atoms with Crippen molar-refractivity contribution in [3.05, 3.63) is 29.3 Å². The molecule has 0 radical (unpaired) electrons. The summed E-state index contributed by atoms with van der Waals surface area (Å²) in [4.78, 5) is 2.33. The second kappa shape index (κ2) is 4.54. The maximum absolute atomic E-state index is 9.11. The first-order chi connectivity index (χ1) is 7.70. The second-order valence-electron chi connectivity index (χ2n) is 4.54. The number of anilines is 1. The minimum absolute atomic E-state index is 0.520. The average molecular weight is 215 g/mol. The van der Waals surface area contributed by atoms with Crippen LogP contribution in [-0.2, 0) is 0 Å². The monoisotopic (exact) mass is 215 g/mol. The molecule has 0 bridgehead atoms. The zero-order chi connectivity index (χ0) is 11.5. The summed E-state index contributed by atoms with van der Waals surface area (Å²) in [6.45, 7) is 2.22. The normalized spacial score (nSPS) is 18.2. The van der Waals surface area contributed by atoms with Crippen LogP contribution in [0.4, 0.5) is 5.69 Å². The van der Waals surface area contributed by atoms with Crippen molar-refractivity contribution in [2.75, 3.05) is 25.9 Å². The van der Waals surface area contributed by atoms with Crippen LogP contribution < -0.4 is 5.73 Å². The molecule has 0 atom stereocenters. The molecule has 1 aliphatic rings. The van der Waals surface area contributed by atoms with Gasteiger partial charge < -0.3 is 10.6 Å². The lowest BCUT2D eigenvalue weighted by Crippen LogP contribution is -2.29. The molecule has 0 aromatic heterocycles. The molecule has 0 amide bonds. The van der Waals surface area contributed by atoms with Crippen molar-refractivity contribution in [3.8, 4) is 6.07 Å². The number of rotatable bonds is 1. The van der Waals surface area contributed by atoms with Gasteiger partial charge in [0.25, 0.3) is 0 Å². The molecule has 3 heteroatoms. The predicted molar refractivity (Wildman–Crippen MR) is 65.0 cm³/mol. The molecule has 0 spiro atoms. The second-order valence-corrected chi connectivity index (χ2v) is 4.54. The maximum Gasteiger partial charge on any atom is 0.0995 e. The van der Waals surface area contributed by atoms with Crippen LogP contribution in [0, 0.1) is 11.3 Å². The van der Waals surface area contributed by atoms with Crippen molar-refractivity contribution in [2.24, 2.45) is 0 Å². The number of piperidine rings is 1. The molecule has 1 aromatic rings. The van der Waals surface area contributed by atoms with Gasteiger partial charge in [-0.2, -0.15) is 5.26 Å². The van der Waals surface area contributed by atoms with Gasteiger partial charge in [-0.3, -0.25) is 0 Å². The number of likely N-dealkylation sites (tertiary alicyclic amines) is 1. The summed E-state index contributed by atoms with van der Waals surface area (Å²) in [5, 5.41) is 9.11. The Morgan fingerprint density at radius 3 is 2.69 bits per heavy atom. The third-order valence-corrected chi connectivity index (χ3v) is 3.36. The Kier molecular flexibility index (Phi) is 3.12. The Labute approximate surface area is 96.5 Å². The minimum Gasteiger partial charge on any atom is -0.399 e. The summed E-state index contributed by atoms with van der Waals surface area (Å²) in [6, 6.07) is 7.95. The Balaban J connectivity index is 2.24. The van der Waals surface area contributed by atoms with Crippen molar-refractivity contribution < 1.29 is 0 Å². The standard InChI is InChI=1S/C13H17N3/c1-16-6-4-10(5-7-16)13-3-2-12(15)8-11(13)9-14/h2-3,8,10H,4-7,15H2,1H3. The summed E-state index contributed by atoms with van der Waals surface area (Å²) in [5.41, 5.74) is 8.29. The van der Waals surface area contributed by atoms with Crippen molar-refractivity contribution in [1.82, 2.24) is 4.90 Å². The smallest absolute Gasteiger partial charge is 0.0995 e. The fourth-order valence-electron chi connectivity index (χ4n) is 2.35. The van der Waals surface area contributed by atoms with Crippen LogP contribution in [-0.4, -0.2) is 25.0 Å². The Bertz CT molecular complexity index is 412. The van der Waals surface area contributed by atoms with Gasteiger partial charge in [0.1, 0.15) is 0 Å². The Morgan fingerprint density at radius 1 is 1.38 bits per heavy atom. The first kappa shape index (κ1) is 11.0. The lowest BCUT2D eigenvalue weighted by molar-refractivity contribution is 0.255. The van der Waals surface area contributed by atoms with Crippen LogP contribution in [0.15, 0.2) is 18.2 Å². The van der Waals surface area contributed by atoms with E-state index in [1.807, 2.05) is 12.1 Å². The summed E-state index contributed by atoms with van der Waals surface area (Å²) < 4.78 is 0. The Morgan fingerprint density at radius 2 is 2.06 bits per heavy atom. The molecule has 1 saturated heterocycles. The van der Waals surface area contributed by atoms with Crippen molar-refractivity contribution in [1.29, 1.82) is 5.26 Å². The number of nitrogens with zero attached hydrogens (tertiary/aromatic N) is 2. The van der Waals surface area contributed by atoms with Crippen LogP contribution in [0.25, 0.3) is 0 Å². The van der Waals surface area contributed by atoms with E-state index in [0.717, 1.165) is 31.5 Å². The number of hydrogen-bond donors (Lipinski definition) is 1. The van der Waals surface area contributed by atoms with E-state index in [2.05, 4.69) is 18.0 Å². The van der Waals surface area contributed by atoms with E-state index in [-0.39, 0.29) is 0 Å². The van der Waals surface area contributed by atoms with Crippen LogP contribution >= 0.6 is 0 Å². The summed E-state index contributed by atoms with van der Waals surface area (Å²) in [7, 11) is 2.14. The fraction of sp³-hybridized carbons (Fsp3) is 0.462. The zero-order valence-corrected chi connectivity index (χ0v) is 9.61. The van der Waals surface area contributed by atoms with Crippen LogP contribution in [0.5, 0.6) is 0 Å². The van der Waals surface area contributed by atoms with E-state index in [4.69, 9.17) is 11.0 Å². The third-order valence-electron chi connectivity index (χ3n) is 3.36. The van der Waals surface area contributed by atoms with E-state index in [1.54, 1.807) is 6.07 Å². The van der Waals surface area contributed by atoms with Gasteiger partial charge in [0.2, 0.25) is 0 Å². The van der Waals surface area contributed by atoms with Gasteiger partial charge >= 0.3 is 0 Å². The largest absolute Gasteiger partial charge is 0.399 e. The first-order valence-electron chi connectivity index (χ1n) is 5.69. The lowest BCUT2D eigenvalue weighted by Gasteiger charge is -2.29. The number of nitrogen functional groups attached to an aromatic ring is 1. The number of nitrogens with two attached hydrogens (primary N) is 1. The molecule has 1 aliphatic heterocycles. The lowest BCUT2D eigenvalue weighted by atomic mass is 9.87. The SMILES string of the molecule is CN1CCC(c2ccc(N)cc2C#N)CC1. The van der Waals surface area contributed by atoms with E-state index in [0.29, 0.717) is 11.6 Å². The molecular formula is C13H17N3. The van der Waals surface area contributed by atoms with Gasteiger partial charge in [-0.1, -0.05) is 6.07 Å². The highest BCUT2D eigenvalue weighted by atomic mass is 15.1. The molecule has 16 heavy (non-hydrogen) atoms. The van der Waals surface area contributed by atoms with Crippen LogP contribution in [0.1, 0.15) is 29.9 Å². The van der Waals surface area contributed by atoms with Crippen molar-refractivity contribution in [2.45, 2.75) is 18.8 Å². The summed E-state index contributed by atoms with van der Waals surface area (Å²) in [6.07, 6.45) is 2.27. The van der Waals surface area contributed by atoms with Crippen LogP contribution in [0.3, 0.4) is 0 Å². The summed E-state index contributed by atoms with van der Waals surface area (Å²) in [5.74, 6) is 0.520. The third kappa shape index (κ3) is 2.17. The molecule has 1 heterocycles. The molecule has 2 rings (SSSR count). The molecular weight excluding hydrogens is 198 g/mol. The van der Waals surface area contributed by atoms with Gasteiger partial charge in [-0.05, 0) is 56.6 Å². The highest BCUT2D eigenvalue weighted by molar-refractivity contribution is 5.51. The predicted octanol–water partition coefficient (Wildman–Crippen LogP) is 1.95. The van der Waals surface area contributed by atoms with E-state index >= 15 is 0 Å². The molecule has 0 saturated carbocycles. The molecule has 0 unspecified atom stereocenters. The molecule has 1 fully saturated rings. The number of benzene rings is 1. The maximum atomic E-state index is 9.11. The van der Waals surface area contributed by atoms with Gasteiger partial charge in [0.15, 0.2) is 0 Å². The minimum atomic E-state index is 0.520. The number of hydrogen-bond acceptors (Lipinski definition) is 3. The van der Waals surface area contributed by atoms with Gasteiger partial charge in [-0.25, -0.2) is 0 Å². The van der Waals surface area contributed by atoms with E-state index in [9.17, 15) is 0 Å². The Hall–Kier alpha value is -1.53. The van der Waals surface area contributed by atoms with E-state index < -0.39 is 0 Å². The first-order valence-corrected chi connectivity index (χ1v) is 5.69. The van der Waals surface area contributed by atoms with E-state index in [1.165, 1.54) is 5.56 Å². The van der Waals surface area contributed by atoms with Gasteiger partial charge in [0, 0.05) is 5.69 Å². The molecule has 0 aliphatic carbocycles. The molecule has 84 valence electrons.